The molecule has 20 rings (SSSR count). The molecule has 0 bridgehead atoms. The lowest BCUT2D eigenvalue weighted by Gasteiger charge is -2.27. The van der Waals surface area contributed by atoms with Crippen LogP contribution < -0.4 is 0 Å². The van der Waals surface area contributed by atoms with Crippen molar-refractivity contribution in [1.29, 1.82) is 0 Å². The predicted octanol–water partition coefficient (Wildman–Crippen LogP) is 26.3. The van der Waals surface area contributed by atoms with E-state index in [2.05, 4.69) is 318 Å². The van der Waals surface area contributed by atoms with E-state index in [-0.39, 0.29) is 16.2 Å². The van der Waals surface area contributed by atoms with Gasteiger partial charge in [0.1, 0.15) is 0 Å². The van der Waals surface area contributed by atoms with Crippen LogP contribution in [0.3, 0.4) is 0 Å². The summed E-state index contributed by atoms with van der Waals surface area (Å²) in [5, 5.41) is 10.5. The molecule has 0 aromatic heterocycles. The summed E-state index contributed by atoms with van der Waals surface area (Å²) < 4.78 is 0. The van der Waals surface area contributed by atoms with Crippen LogP contribution >= 0.6 is 0 Å². The van der Waals surface area contributed by atoms with Crippen molar-refractivity contribution in [2.45, 2.75) is 88.4 Å². The maximum absolute atomic E-state index is 2.59. The predicted molar refractivity (Wildman–Crippen MR) is 407 cm³/mol. The van der Waals surface area contributed by atoms with E-state index >= 15 is 0 Å². The average molecular weight is 1230 g/mol. The SMILES string of the molecule is Cc1ccc2c(-c3ccccc3-c3ccc(-c4ccccc4)cc3)c3ccccc3c(-c3ccc4c(c3)C(C)(C)c3ccccc3-4)c2c1.c1ccc2c(c1)-c1ccc(-c3c4ccccc4c(-c4ccc5c(c4)C4(CCCC4)c4ccccc4-5)c4ccccc34)cc1C21CCCC1. The summed E-state index contributed by atoms with van der Waals surface area (Å²) in [5.74, 6) is 0. The Kier molecular flexibility index (Phi) is 13.0. The minimum Gasteiger partial charge on any atom is -0.0622 e. The highest BCUT2D eigenvalue weighted by Gasteiger charge is 2.47. The topological polar surface area (TPSA) is 0 Å². The largest absolute Gasteiger partial charge is 0.0622 e. The first-order chi connectivity index (χ1) is 47.3. The lowest BCUT2D eigenvalue weighted by atomic mass is 9.75. The first-order valence-corrected chi connectivity index (χ1v) is 35.1. The van der Waals surface area contributed by atoms with Crippen molar-refractivity contribution in [3.8, 4) is 100 Å². The van der Waals surface area contributed by atoms with Crippen LogP contribution in [0.1, 0.15) is 104 Å². The van der Waals surface area contributed by atoms with Crippen molar-refractivity contribution in [2.75, 3.05) is 0 Å². The molecular weight excluding hydrogens is 1150 g/mol. The summed E-state index contributed by atoms with van der Waals surface area (Å²) in [4.78, 5) is 0. The van der Waals surface area contributed by atoms with Gasteiger partial charge in [-0.2, -0.15) is 0 Å². The molecule has 0 unspecified atom stereocenters. The molecule has 96 heavy (non-hydrogen) atoms. The minimum atomic E-state index is -0.0571. The number of aryl methyl sites for hydroxylation is 1. The van der Waals surface area contributed by atoms with Crippen molar-refractivity contribution < 1.29 is 0 Å². The number of hydrogen-bond donors (Lipinski definition) is 0. The normalized spacial score (nSPS) is 15.4. The van der Waals surface area contributed by atoms with Crippen molar-refractivity contribution in [1.82, 2.24) is 0 Å². The molecule has 0 radical (unpaired) electrons. The molecule has 15 aromatic rings. The Bertz CT molecular complexity index is 5450. The smallest absolute Gasteiger partial charge is 0.0215 e. The molecule has 0 amide bonds. The second kappa shape index (κ2) is 22.0. The fourth-order valence-corrected chi connectivity index (χ4v) is 19.2. The van der Waals surface area contributed by atoms with Gasteiger partial charge < -0.3 is 0 Å². The van der Waals surface area contributed by atoms with Crippen LogP contribution in [0.4, 0.5) is 0 Å². The van der Waals surface area contributed by atoms with Gasteiger partial charge in [0.15, 0.2) is 0 Å². The van der Waals surface area contributed by atoms with E-state index in [1.54, 1.807) is 22.3 Å². The van der Waals surface area contributed by atoms with E-state index in [0.717, 1.165) is 0 Å². The third kappa shape index (κ3) is 8.47. The molecule has 0 heteroatoms. The van der Waals surface area contributed by atoms with Crippen LogP contribution in [0, 0.1) is 6.92 Å². The second-order valence-corrected chi connectivity index (χ2v) is 28.8. The van der Waals surface area contributed by atoms with Gasteiger partial charge in [-0.15, -0.1) is 0 Å². The zero-order valence-corrected chi connectivity index (χ0v) is 54.9. The highest BCUT2D eigenvalue weighted by Crippen LogP contribution is 2.61. The van der Waals surface area contributed by atoms with Gasteiger partial charge >= 0.3 is 0 Å². The maximum atomic E-state index is 2.59. The molecule has 5 aliphatic carbocycles. The molecular formula is C96H74. The lowest BCUT2D eigenvalue weighted by molar-refractivity contribution is 0.550. The summed E-state index contributed by atoms with van der Waals surface area (Å²) in [6.45, 7) is 6.95. The summed E-state index contributed by atoms with van der Waals surface area (Å²) in [5.41, 5.74) is 34.6. The summed E-state index contributed by atoms with van der Waals surface area (Å²) in [7, 11) is 0. The van der Waals surface area contributed by atoms with E-state index in [4.69, 9.17) is 0 Å². The average Bonchev–Trinajstić information content (AvgIpc) is 0.943. The van der Waals surface area contributed by atoms with Crippen molar-refractivity contribution in [2.24, 2.45) is 0 Å². The fraction of sp³-hybridized carbons (Fsp3) is 0.146. The Hall–Kier alpha value is -10.7. The first-order valence-electron chi connectivity index (χ1n) is 35.1. The number of rotatable bonds is 6. The lowest BCUT2D eigenvalue weighted by Crippen LogP contribution is -2.20. The molecule has 2 saturated carbocycles. The molecule has 458 valence electrons. The molecule has 0 saturated heterocycles. The molecule has 0 aliphatic heterocycles. The van der Waals surface area contributed by atoms with E-state index in [1.807, 2.05) is 0 Å². The van der Waals surface area contributed by atoms with Crippen molar-refractivity contribution >= 4 is 43.1 Å². The zero-order valence-electron chi connectivity index (χ0n) is 54.9. The molecule has 2 spiro atoms. The number of benzene rings is 15. The van der Waals surface area contributed by atoms with Gasteiger partial charge in [0.2, 0.25) is 0 Å². The zero-order chi connectivity index (χ0) is 63.9. The van der Waals surface area contributed by atoms with Gasteiger partial charge in [-0.1, -0.05) is 324 Å². The second-order valence-electron chi connectivity index (χ2n) is 28.8. The third-order valence-electron chi connectivity index (χ3n) is 23.5. The monoisotopic (exact) mass is 1230 g/mol. The molecule has 0 N–H and O–H groups in total. The van der Waals surface area contributed by atoms with E-state index in [0.29, 0.717) is 0 Å². The van der Waals surface area contributed by atoms with Gasteiger partial charge in [0.25, 0.3) is 0 Å². The summed E-state index contributed by atoms with van der Waals surface area (Å²) in [6, 6.07) is 112. The first kappa shape index (κ1) is 56.8. The van der Waals surface area contributed by atoms with Gasteiger partial charge in [-0.3, -0.25) is 0 Å². The molecule has 2 fully saturated rings. The van der Waals surface area contributed by atoms with Crippen LogP contribution in [0.25, 0.3) is 143 Å². The van der Waals surface area contributed by atoms with Crippen molar-refractivity contribution in [3.05, 3.63) is 336 Å². The van der Waals surface area contributed by atoms with Gasteiger partial charge in [0.05, 0.1) is 0 Å². The Labute approximate surface area is 564 Å². The maximum Gasteiger partial charge on any atom is 0.0215 e. The molecule has 15 aromatic carbocycles. The van der Waals surface area contributed by atoms with Gasteiger partial charge in [0, 0.05) is 16.2 Å². The quantitative estimate of drug-likeness (QED) is 0.146. The molecule has 0 nitrogen and oxygen atoms in total. The van der Waals surface area contributed by atoms with Crippen LogP contribution in [-0.4, -0.2) is 0 Å². The Morgan fingerprint density at radius 2 is 0.531 bits per heavy atom. The van der Waals surface area contributed by atoms with E-state index in [1.165, 1.54) is 211 Å². The minimum absolute atomic E-state index is 0.0571. The molecule has 0 heterocycles. The fourth-order valence-electron chi connectivity index (χ4n) is 19.2. The Morgan fingerprint density at radius 3 is 1.02 bits per heavy atom. The van der Waals surface area contributed by atoms with E-state index < -0.39 is 0 Å². The van der Waals surface area contributed by atoms with Crippen LogP contribution in [0.5, 0.6) is 0 Å². The van der Waals surface area contributed by atoms with Gasteiger partial charge in [-0.05, 0) is 227 Å². The number of fused-ring (bicyclic) bond motifs is 17. The van der Waals surface area contributed by atoms with Crippen LogP contribution in [0.15, 0.2) is 297 Å². The standard InChI is InChI=1S/C48H38.C48H36/c1-2-16-38-37(15-1)45(31-21-23-35-33-13-5-7-19-41(33)47(43(35)29-31)25-9-10-26-47)39-17-3-4-18-40(39)46(38)32-22-24-36-34-14-6-8-20-42(34)48(44(36)30-32)27-11-12-28-48;1-31-21-27-42-43(29-31)46(35-26-28-38-37-16-11-12-20-44(37)48(2,3)45(38)30-35)40-18-9-10-19-41(40)47(42)39-17-8-7-15-36(39)34-24-22-33(23-25-34)32-13-5-4-6-14-32/h1-8,13-24,29-30H,9-12,25-28H2;4-30H,1-3H3. The Balaban J connectivity index is 0.000000135. The van der Waals surface area contributed by atoms with Crippen LogP contribution in [0.2, 0.25) is 0 Å². The molecule has 0 atom stereocenters. The van der Waals surface area contributed by atoms with Gasteiger partial charge in [-0.25, -0.2) is 0 Å². The highest BCUT2D eigenvalue weighted by molar-refractivity contribution is 6.24. The highest BCUT2D eigenvalue weighted by atomic mass is 14.5. The van der Waals surface area contributed by atoms with E-state index in [9.17, 15) is 0 Å². The van der Waals surface area contributed by atoms with Crippen LogP contribution in [-0.2, 0) is 16.2 Å². The van der Waals surface area contributed by atoms with Crippen molar-refractivity contribution in [3.63, 3.8) is 0 Å². The summed E-state index contributed by atoms with van der Waals surface area (Å²) >= 11 is 0. The number of hydrogen-bond acceptors (Lipinski definition) is 0. The third-order valence-corrected chi connectivity index (χ3v) is 23.5. The molecule has 5 aliphatic rings. The summed E-state index contributed by atoms with van der Waals surface area (Å²) in [6.07, 6.45) is 10.3. The Morgan fingerprint density at radius 1 is 0.208 bits per heavy atom.